The molecule has 1 heterocycles. The van der Waals surface area contributed by atoms with Gasteiger partial charge in [0.15, 0.2) is 0 Å². The maximum Gasteiger partial charge on any atom is 1.00 e. The van der Waals surface area contributed by atoms with Gasteiger partial charge in [-0.05, 0) is 19.4 Å². The molecule has 0 bridgehead atoms. The minimum Gasteiger partial charge on any atom is -0.545 e. The Labute approximate surface area is 143 Å². The van der Waals surface area contributed by atoms with Crippen LogP contribution in [0.15, 0.2) is 24.3 Å². The Morgan fingerprint density at radius 3 is 2.00 bits per heavy atom. The van der Waals surface area contributed by atoms with E-state index in [1.54, 1.807) is 6.92 Å². The van der Waals surface area contributed by atoms with Crippen LogP contribution in [-0.4, -0.2) is 31.3 Å². The van der Waals surface area contributed by atoms with Crippen molar-refractivity contribution in [3.63, 3.8) is 0 Å². The average molecular weight is 266 g/mol. The molecule has 0 aromatic rings. The smallest absolute Gasteiger partial charge is 0.545 e. The minimum absolute atomic E-state index is 0. The number of esters is 1. The number of carbonyl (C=O) groups is 2. The number of hydrogen-bond donors (Lipinski definition) is 0. The predicted molar refractivity (Wildman–Crippen MR) is 55.3 cm³/mol. The van der Waals surface area contributed by atoms with E-state index in [1.807, 2.05) is 0 Å². The van der Waals surface area contributed by atoms with Crippen molar-refractivity contribution < 1.29 is 75.6 Å². The first-order valence-corrected chi connectivity index (χ1v) is 4.65. The third-order valence-electron chi connectivity index (χ3n) is 1.50. The number of aliphatic carboxylic acids is 1. The van der Waals surface area contributed by atoms with Crippen molar-refractivity contribution in [3.05, 3.63) is 24.3 Å². The van der Waals surface area contributed by atoms with E-state index in [0.717, 1.165) is 0 Å². The first-order valence-electron chi connectivity index (χ1n) is 4.65. The van der Waals surface area contributed by atoms with Gasteiger partial charge in [-0.1, -0.05) is 13.2 Å². The van der Waals surface area contributed by atoms with Gasteiger partial charge in [0.1, 0.15) is 12.7 Å². The zero-order chi connectivity index (χ0) is 12.7. The molecule has 6 heteroatoms. The second-order valence-electron chi connectivity index (χ2n) is 3.40. The average Bonchev–Trinajstić information content (AvgIpc) is 2.98. The third-order valence-corrected chi connectivity index (χ3v) is 1.50. The van der Waals surface area contributed by atoms with Gasteiger partial charge in [0.25, 0.3) is 0 Å². The molecule has 90 valence electrons. The quantitative estimate of drug-likeness (QED) is 0.232. The summed E-state index contributed by atoms with van der Waals surface area (Å²) in [7, 11) is 0. The van der Waals surface area contributed by atoms with E-state index >= 15 is 0 Å². The Morgan fingerprint density at radius 2 is 1.76 bits per heavy atom. The molecule has 1 aliphatic rings. The van der Waals surface area contributed by atoms with Gasteiger partial charge in [0, 0.05) is 5.57 Å². The van der Waals surface area contributed by atoms with Crippen LogP contribution in [0.2, 0.25) is 0 Å². The normalized spacial score (nSPS) is 15.5. The molecule has 5 nitrogen and oxygen atoms in total. The Bertz CT molecular complexity index is 295. The van der Waals surface area contributed by atoms with Gasteiger partial charge in [0.05, 0.1) is 12.6 Å². The number of epoxide rings is 1. The van der Waals surface area contributed by atoms with Crippen LogP contribution >= 0.6 is 0 Å². The fourth-order valence-corrected chi connectivity index (χ4v) is 0.456. The van der Waals surface area contributed by atoms with Crippen LogP contribution in [0.5, 0.6) is 0 Å². The van der Waals surface area contributed by atoms with E-state index < -0.39 is 5.97 Å². The fraction of sp³-hybridized carbons (Fsp3) is 0.455. The second-order valence-corrected chi connectivity index (χ2v) is 3.40. The van der Waals surface area contributed by atoms with Crippen molar-refractivity contribution in [2.45, 2.75) is 20.0 Å². The number of rotatable bonds is 4. The molecule has 1 fully saturated rings. The molecular formula is C11H15KO5. The van der Waals surface area contributed by atoms with Gasteiger partial charge in [-0.15, -0.1) is 0 Å². The van der Waals surface area contributed by atoms with Crippen molar-refractivity contribution in [2.24, 2.45) is 0 Å². The predicted octanol–water partition coefficient (Wildman–Crippen LogP) is -3.18. The first kappa shape index (κ1) is 19.4. The second kappa shape index (κ2) is 9.99. The minimum atomic E-state index is -1.19. The molecule has 0 N–H and O–H groups in total. The van der Waals surface area contributed by atoms with Gasteiger partial charge in [-0.3, -0.25) is 0 Å². The molecule has 1 atom stereocenters. The van der Waals surface area contributed by atoms with Gasteiger partial charge in [-0.2, -0.15) is 0 Å². The maximum atomic E-state index is 10.7. The van der Waals surface area contributed by atoms with Crippen LogP contribution in [-0.2, 0) is 19.1 Å². The zero-order valence-electron chi connectivity index (χ0n) is 10.4. The van der Waals surface area contributed by atoms with E-state index in [9.17, 15) is 14.7 Å². The number of carbonyl (C=O) groups excluding carboxylic acids is 2. The van der Waals surface area contributed by atoms with Crippen molar-refractivity contribution >= 4 is 11.9 Å². The van der Waals surface area contributed by atoms with Crippen LogP contribution in [0.4, 0.5) is 0 Å². The maximum absolute atomic E-state index is 10.7. The Morgan fingerprint density at radius 1 is 1.35 bits per heavy atom. The Balaban J connectivity index is 0. The summed E-state index contributed by atoms with van der Waals surface area (Å²) in [5, 5.41) is 9.49. The summed E-state index contributed by atoms with van der Waals surface area (Å²) in [6.45, 7) is 10.6. The monoisotopic (exact) mass is 266 g/mol. The molecule has 17 heavy (non-hydrogen) atoms. The summed E-state index contributed by atoms with van der Waals surface area (Å²) in [4.78, 5) is 20.2. The molecule has 1 rings (SSSR count). The van der Waals surface area contributed by atoms with Gasteiger partial charge < -0.3 is 19.4 Å². The summed E-state index contributed by atoms with van der Waals surface area (Å²) in [5.74, 6) is -1.52. The van der Waals surface area contributed by atoms with E-state index in [0.29, 0.717) is 18.8 Å². The van der Waals surface area contributed by atoms with Crippen LogP contribution in [0.3, 0.4) is 0 Å². The number of ether oxygens (including phenoxy) is 2. The van der Waals surface area contributed by atoms with E-state index in [2.05, 4.69) is 13.2 Å². The molecular weight excluding hydrogens is 251 g/mol. The van der Waals surface area contributed by atoms with Gasteiger partial charge in [0.2, 0.25) is 0 Å². The Kier molecular flexibility index (Phi) is 11.4. The molecule has 0 spiro atoms. The summed E-state index contributed by atoms with van der Waals surface area (Å²) in [6.07, 6.45) is 0.142. The zero-order valence-corrected chi connectivity index (χ0v) is 13.6. The fourth-order valence-electron chi connectivity index (χ4n) is 0.456. The molecule has 0 aromatic carbocycles. The molecule has 1 saturated heterocycles. The van der Waals surface area contributed by atoms with Crippen LogP contribution in [0, 0.1) is 0 Å². The van der Waals surface area contributed by atoms with Gasteiger partial charge in [-0.25, -0.2) is 4.79 Å². The van der Waals surface area contributed by atoms with E-state index in [1.165, 1.54) is 6.92 Å². The SMILES string of the molecule is C=C(C)C(=O)OCC1CO1.C=C(C)C(=O)[O-].[K+]. The summed E-state index contributed by atoms with van der Waals surface area (Å²) < 4.78 is 9.60. The molecule has 0 amide bonds. The molecule has 1 unspecified atom stereocenters. The number of carboxylic acid groups (broad SMARTS) is 1. The number of hydrogen-bond acceptors (Lipinski definition) is 5. The van der Waals surface area contributed by atoms with Crippen LogP contribution in [0.1, 0.15) is 13.8 Å². The van der Waals surface area contributed by atoms with Crippen molar-refractivity contribution in [1.82, 2.24) is 0 Å². The molecule has 0 saturated carbocycles. The van der Waals surface area contributed by atoms with Crippen molar-refractivity contribution in [2.75, 3.05) is 13.2 Å². The number of carboxylic acids is 1. The topological polar surface area (TPSA) is 79.0 Å². The molecule has 0 aliphatic carbocycles. The molecule has 1 aliphatic heterocycles. The Hall–Kier alpha value is 0.0164. The molecule has 0 radical (unpaired) electrons. The standard InChI is InChI=1S/C7H10O3.C4H6O2.K/c1-5(2)7(8)10-4-6-3-9-6;1-3(2)4(5)6;/h6H,1,3-4H2,2H3;1H2,2H3,(H,5,6);/q;;+1/p-1. The largest absolute Gasteiger partial charge is 1.00 e. The van der Waals surface area contributed by atoms with Gasteiger partial charge >= 0.3 is 57.4 Å². The van der Waals surface area contributed by atoms with E-state index in [-0.39, 0.29) is 69.0 Å². The summed E-state index contributed by atoms with van der Waals surface area (Å²) in [5.41, 5.74) is 0.496. The van der Waals surface area contributed by atoms with E-state index in [4.69, 9.17) is 9.47 Å². The van der Waals surface area contributed by atoms with Crippen molar-refractivity contribution in [3.8, 4) is 0 Å². The van der Waals surface area contributed by atoms with Crippen LogP contribution < -0.4 is 56.5 Å². The summed E-state index contributed by atoms with van der Waals surface area (Å²) >= 11 is 0. The third kappa shape index (κ3) is 12.3. The first-order chi connectivity index (χ1) is 7.34. The molecule has 0 aromatic heterocycles. The van der Waals surface area contributed by atoms with Crippen molar-refractivity contribution in [1.29, 1.82) is 0 Å². The summed E-state index contributed by atoms with van der Waals surface area (Å²) in [6, 6.07) is 0. The van der Waals surface area contributed by atoms with Crippen LogP contribution in [0.25, 0.3) is 0 Å².